The summed E-state index contributed by atoms with van der Waals surface area (Å²) in [6, 6.07) is 0. The molecule has 0 aromatic heterocycles. The van der Waals surface area contributed by atoms with Crippen molar-refractivity contribution in [1.29, 1.82) is 0 Å². The van der Waals surface area contributed by atoms with Crippen molar-refractivity contribution in [3.05, 3.63) is 0 Å². The van der Waals surface area contributed by atoms with E-state index in [1.165, 1.54) is 0 Å². The SMILES string of the molecule is CC1COC(C(=O)O)CC1C. The Hall–Kier alpha value is -0.570. The van der Waals surface area contributed by atoms with Crippen LogP contribution >= 0.6 is 0 Å². The van der Waals surface area contributed by atoms with Gasteiger partial charge in [0.25, 0.3) is 0 Å². The number of carboxylic acid groups (broad SMARTS) is 1. The lowest BCUT2D eigenvalue weighted by molar-refractivity contribution is -0.157. The summed E-state index contributed by atoms with van der Waals surface area (Å²) in [5, 5.41) is 8.62. The largest absolute Gasteiger partial charge is 0.479 e. The van der Waals surface area contributed by atoms with Gasteiger partial charge in [-0.05, 0) is 18.3 Å². The van der Waals surface area contributed by atoms with Gasteiger partial charge in [0.2, 0.25) is 0 Å². The van der Waals surface area contributed by atoms with Crippen LogP contribution in [0.4, 0.5) is 0 Å². The highest BCUT2D eigenvalue weighted by atomic mass is 16.5. The second-order valence-corrected chi connectivity index (χ2v) is 3.35. The van der Waals surface area contributed by atoms with Crippen LogP contribution in [0.1, 0.15) is 20.3 Å². The normalized spacial score (nSPS) is 38.5. The smallest absolute Gasteiger partial charge is 0.332 e. The van der Waals surface area contributed by atoms with Crippen LogP contribution in [-0.4, -0.2) is 23.8 Å². The Labute approximate surface area is 66.4 Å². The maximum absolute atomic E-state index is 10.5. The lowest BCUT2D eigenvalue weighted by Gasteiger charge is -2.29. The second-order valence-electron chi connectivity index (χ2n) is 3.35. The molecule has 3 unspecified atom stereocenters. The minimum absolute atomic E-state index is 0.463. The number of carboxylic acids is 1. The number of ether oxygens (including phenoxy) is 1. The number of carbonyl (C=O) groups is 1. The molecule has 0 aliphatic carbocycles. The summed E-state index contributed by atoms with van der Waals surface area (Å²) in [4.78, 5) is 10.5. The predicted molar refractivity (Wildman–Crippen MR) is 40.3 cm³/mol. The van der Waals surface area contributed by atoms with Crippen LogP contribution in [-0.2, 0) is 9.53 Å². The first kappa shape index (κ1) is 8.53. The molecule has 0 aromatic rings. The summed E-state index contributed by atoms with van der Waals surface area (Å²) in [6.45, 7) is 4.74. The van der Waals surface area contributed by atoms with Gasteiger partial charge in [-0.1, -0.05) is 13.8 Å². The molecular weight excluding hydrogens is 144 g/mol. The summed E-state index contributed by atoms with van der Waals surface area (Å²) < 4.78 is 5.12. The highest BCUT2D eigenvalue weighted by Crippen LogP contribution is 2.24. The first-order chi connectivity index (χ1) is 5.11. The molecule has 64 valence electrons. The molecule has 1 saturated heterocycles. The average molecular weight is 158 g/mol. The van der Waals surface area contributed by atoms with Crippen molar-refractivity contribution in [2.75, 3.05) is 6.61 Å². The molecule has 1 rings (SSSR count). The van der Waals surface area contributed by atoms with E-state index in [4.69, 9.17) is 9.84 Å². The lowest BCUT2D eigenvalue weighted by Crippen LogP contribution is -2.35. The van der Waals surface area contributed by atoms with Crippen molar-refractivity contribution in [3.8, 4) is 0 Å². The van der Waals surface area contributed by atoms with Gasteiger partial charge in [0.15, 0.2) is 6.10 Å². The van der Waals surface area contributed by atoms with E-state index in [1.54, 1.807) is 0 Å². The minimum atomic E-state index is -0.830. The van der Waals surface area contributed by atoms with Crippen LogP contribution in [0.2, 0.25) is 0 Å². The van der Waals surface area contributed by atoms with Gasteiger partial charge in [0.05, 0.1) is 6.61 Å². The quantitative estimate of drug-likeness (QED) is 0.622. The van der Waals surface area contributed by atoms with Gasteiger partial charge in [-0.3, -0.25) is 0 Å². The van der Waals surface area contributed by atoms with E-state index in [-0.39, 0.29) is 0 Å². The number of hydrogen-bond donors (Lipinski definition) is 1. The molecule has 3 heteroatoms. The second kappa shape index (κ2) is 3.22. The molecule has 0 spiro atoms. The molecule has 0 bridgehead atoms. The van der Waals surface area contributed by atoms with Crippen LogP contribution in [0.15, 0.2) is 0 Å². The molecule has 0 amide bonds. The first-order valence-electron chi connectivity index (χ1n) is 3.95. The topological polar surface area (TPSA) is 46.5 Å². The Morgan fingerprint density at radius 3 is 2.55 bits per heavy atom. The van der Waals surface area contributed by atoms with Crippen molar-refractivity contribution < 1.29 is 14.6 Å². The standard InChI is InChI=1S/C8H14O3/c1-5-3-7(8(9)10)11-4-6(5)2/h5-7H,3-4H2,1-2H3,(H,9,10). The van der Waals surface area contributed by atoms with Crippen molar-refractivity contribution in [1.82, 2.24) is 0 Å². The lowest BCUT2D eigenvalue weighted by atomic mass is 9.89. The Morgan fingerprint density at radius 2 is 2.09 bits per heavy atom. The Balaban J connectivity index is 2.46. The third kappa shape index (κ3) is 1.93. The molecule has 1 aliphatic heterocycles. The number of aliphatic carboxylic acids is 1. The zero-order chi connectivity index (χ0) is 8.43. The van der Waals surface area contributed by atoms with E-state index in [1.807, 2.05) is 0 Å². The minimum Gasteiger partial charge on any atom is -0.479 e. The Bertz CT molecular complexity index is 155. The average Bonchev–Trinajstić information content (AvgIpc) is 1.94. The summed E-state index contributed by atoms with van der Waals surface area (Å²) in [6.07, 6.45) is 0.0810. The van der Waals surface area contributed by atoms with E-state index in [9.17, 15) is 4.79 Å². The maximum Gasteiger partial charge on any atom is 0.332 e. The first-order valence-corrected chi connectivity index (χ1v) is 3.95. The highest BCUT2D eigenvalue weighted by molar-refractivity contribution is 5.72. The predicted octanol–water partition coefficient (Wildman–Crippen LogP) is 1.13. The molecule has 3 nitrogen and oxygen atoms in total. The molecule has 0 saturated carbocycles. The van der Waals surface area contributed by atoms with E-state index in [0.717, 1.165) is 0 Å². The summed E-state index contributed by atoms with van der Waals surface area (Å²) in [5.41, 5.74) is 0. The molecule has 1 aliphatic rings. The molecule has 1 fully saturated rings. The van der Waals surface area contributed by atoms with Gasteiger partial charge >= 0.3 is 5.97 Å². The monoisotopic (exact) mass is 158 g/mol. The van der Waals surface area contributed by atoms with Crippen LogP contribution in [0, 0.1) is 11.8 Å². The van der Waals surface area contributed by atoms with Gasteiger partial charge in [0.1, 0.15) is 0 Å². The molecule has 1 N–H and O–H groups in total. The van der Waals surface area contributed by atoms with Gasteiger partial charge in [0, 0.05) is 0 Å². The molecule has 0 aromatic carbocycles. The zero-order valence-electron chi connectivity index (χ0n) is 6.91. The molecule has 3 atom stereocenters. The molecule has 11 heavy (non-hydrogen) atoms. The highest BCUT2D eigenvalue weighted by Gasteiger charge is 2.29. The van der Waals surface area contributed by atoms with Gasteiger partial charge < -0.3 is 9.84 Å². The van der Waals surface area contributed by atoms with Crippen molar-refractivity contribution in [2.24, 2.45) is 11.8 Å². The molecule has 1 heterocycles. The Morgan fingerprint density at radius 1 is 1.45 bits per heavy atom. The van der Waals surface area contributed by atoms with Crippen LogP contribution in [0.3, 0.4) is 0 Å². The maximum atomic E-state index is 10.5. The summed E-state index contributed by atoms with van der Waals surface area (Å²) in [5.74, 6) is 0.124. The van der Waals surface area contributed by atoms with E-state index in [2.05, 4.69) is 13.8 Å². The van der Waals surface area contributed by atoms with E-state index < -0.39 is 12.1 Å². The van der Waals surface area contributed by atoms with Gasteiger partial charge in [-0.15, -0.1) is 0 Å². The fourth-order valence-corrected chi connectivity index (χ4v) is 1.24. The third-order valence-corrected chi connectivity index (χ3v) is 2.39. The number of hydrogen-bond acceptors (Lipinski definition) is 2. The van der Waals surface area contributed by atoms with Crippen LogP contribution < -0.4 is 0 Å². The fraction of sp³-hybridized carbons (Fsp3) is 0.875. The Kier molecular flexibility index (Phi) is 2.49. The van der Waals surface area contributed by atoms with Crippen molar-refractivity contribution >= 4 is 5.97 Å². The fourth-order valence-electron chi connectivity index (χ4n) is 1.24. The van der Waals surface area contributed by atoms with Gasteiger partial charge in [-0.2, -0.15) is 0 Å². The van der Waals surface area contributed by atoms with Crippen molar-refractivity contribution in [3.63, 3.8) is 0 Å². The third-order valence-electron chi connectivity index (χ3n) is 2.39. The summed E-state index contributed by atoms with van der Waals surface area (Å²) in [7, 11) is 0. The summed E-state index contributed by atoms with van der Waals surface area (Å²) >= 11 is 0. The molecular formula is C8H14O3. The zero-order valence-corrected chi connectivity index (χ0v) is 6.91. The van der Waals surface area contributed by atoms with Crippen LogP contribution in [0.25, 0.3) is 0 Å². The molecule has 0 radical (unpaired) electrons. The van der Waals surface area contributed by atoms with Crippen LogP contribution in [0.5, 0.6) is 0 Å². The number of rotatable bonds is 1. The van der Waals surface area contributed by atoms with E-state index in [0.29, 0.717) is 24.9 Å². The van der Waals surface area contributed by atoms with Gasteiger partial charge in [-0.25, -0.2) is 4.79 Å². The van der Waals surface area contributed by atoms with E-state index >= 15 is 0 Å². The van der Waals surface area contributed by atoms with Crippen molar-refractivity contribution in [2.45, 2.75) is 26.4 Å².